The first kappa shape index (κ1) is 23.9. The molecule has 190 valence electrons. The molecule has 3 amide bonds. The maximum absolute atomic E-state index is 12.8. The molecule has 0 aliphatic carbocycles. The van der Waals surface area contributed by atoms with Gasteiger partial charge in [0.15, 0.2) is 0 Å². The minimum absolute atomic E-state index is 0.0175. The lowest BCUT2D eigenvalue weighted by atomic mass is 10.0. The molecule has 0 atom stereocenters. The predicted octanol–water partition coefficient (Wildman–Crippen LogP) is 2.00. The van der Waals surface area contributed by atoms with E-state index in [1.807, 2.05) is 50.6 Å². The zero-order valence-electron chi connectivity index (χ0n) is 20.8. The van der Waals surface area contributed by atoms with Gasteiger partial charge in [-0.05, 0) is 49.1 Å². The van der Waals surface area contributed by atoms with E-state index in [9.17, 15) is 9.59 Å². The van der Waals surface area contributed by atoms with Crippen molar-refractivity contribution in [3.05, 3.63) is 66.2 Å². The molecular weight excluding hydrogens is 456 g/mol. The summed E-state index contributed by atoms with van der Waals surface area (Å²) in [5.41, 5.74) is 3.19. The van der Waals surface area contributed by atoms with Crippen LogP contribution >= 0.6 is 0 Å². The summed E-state index contributed by atoms with van der Waals surface area (Å²) in [4.78, 5) is 31.6. The minimum atomic E-state index is -0.0175. The van der Waals surface area contributed by atoms with Gasteiger partial charge in [0.2, 0.25) is 0 Å². The number of aryl methyl sites for hydroxylation is 3. The summed E-state index contributed by atoms with van der Waals surface area (Å²) in [5.74, 6) is 0.0261. The molecule has 2 saturated heterocycles. The molecule has 0 radical (unpaired) electrons. The molecule has 2 aromatic heterocycles. The zero-order chi connectivity index (χ0) is 24.9. The zero-order valence-corrected chi connectivity index (χ0v) is 20.8. The third-order valence-electron chi connectivity index (χ3n) is 7.24. The van der Waals surface area contributed by atoms with Crippen molar-refractivity contribution in [1.82, 2.24) is 34.7 Å². The number of hydrogen-bond donors (Lipinski definition) is 1. The average Bonchev–Trinajstić information content (AvgIpc) is 3.60. The van der Waals surface area contributed by atoms with Gasteiger partial charge in [-0.15, -0.1) is 5.10 Å². The van der Waals surface area contributed by atoms with E-state index in [4.69, 9.17) is 0 Å². The van der Waals surface area contributed by atoms with E-state index in [0.29, 0.717) is 31.9 Å². The van der Waals surface area contributed by atoms with Crippen molar-refractivity contribution in [2.45, 2.75) is 31.8 Å². The van der Waals surface area contributed by atoms with Gasteiger partial charge >= 0.3 is 6.03 Å². The number of anilines is 1. The van der Waals surface area contributed by atoms with Gasteiger partial charge in [0, 0.05) is 77.0 Å². The first-order chi connectivity index (χ1) is 17.6. The van der Waals surface area contributed by atoms with Crippen LogP contribution in [0.25, 0.3) is 0 Å². The Balaban J connectivity index is 1.04. The molecule has 10 heteroatoms. The number of urea groups is 1. The molecule has 0 spiro atoms. The summed E-state index contributed by atoms with van der Waals surface area (Å²) >= 11 is 0. The molecule has 2 aliphatic rings. The number of carbonyl (C=O) groups excluding carboxylic acids is 2. The number of nitrogens with zero attached hydrogens (tertiary/aromatic N) is 7. The van der Waals surface area contributed by atoms with Gasteiger partial charge in [0.1, 0.15) is 5.69 Å². The molecule has 0 saturated carbocycles. The van der Waals surface area contributed by atoms with E-state index in [2.05, 4.69) is 44.8 Å². The lowest BCUT2D eigenvalue weighted by Crippen LogP contribution is -2.55. The van der Waals surface area contributed by atoms with Crippen LogP contribution in [0.5, 0.6) is 0 Å². The van der Waals surface area contributed by atoms with Crippen molar-refractivity contribution in [3.63, 3.8) is 0 Å². The van der Waals surface area contributed by atoms with Crippen LogP contribution in [-0.2, 0) is 20.0 Å². The normalized spacial score (nSPS) is 16.9. The van der Waals surface area contributed by atoms with Crippen molar-refractivity contribution in [3.8, 4) is 0 Å². The maximum atomic E-state index is 12.8. The van der Waals surface area contributed by atoms with Crippen molar-refractivity contribution < 1.29 is 9.59 Å². The van der Waals surface area contributed by atoms with Crippen LogP contribution in [0.4, 0.5) is 10.5 Å². The van der Waals surface area contributed by atoms with Crippen LogP contribution in [0, 0.1) is 0 Å². The highest BCUT2D eigenvalue weighted by molar-refractivity contribution is 5.93. The van der Waals surface area contributed by atoms with Gasteiger partial charge < -0.3 is 24.6 Å². The number of hydrogen-bond acceptors (Lipinski definition) is 5. The standard InChI is InChI=1S/C26H34N8O2/c1-30-12-2-3-24(30)25(35)32-17-19-33(20-18-32)26(36)28-22-9-13-31(14-10-22)23-6-4-21(5-7-23)8-15-34-16-11-27-29-34/h2-7,11-12,16,22H,8-10,13-15,17-20H2,1H3,(H,28,36). The molecule has 4 heterocycles. The Hall–Kier alpha value is -3.82. The summed E-state index contributed by atoms with van der Waals surface area (Å²) in [5, 5.41) is 11.1. The van der Waals surface area contributed by atoms with E-state index in [1.165, 1.54) is 11.3 Å². The van der Waals surface area contributed by atoms with Gasteiger partial charge in [-0.3, -0.25) is 9.48 Å². The van der Waals surface area contributed by atoms with Gasteiger partial charge in [-0.1, -0.05) is 17.3 Å². The van der Waals surface area contributed by atoms with Gasteiger partial charge in [-0.25, -0.2) is 4.79 Å². The highest BCUT2D eigenvalue weighted by Gasteiger charge is 2.28. The fourth-order valence-electron chi connectivity index (χ4n) is 4.97. The summed E-state index contributed by atoms with van der Waals surface area (Å²) in [6.07, 6.45) is 8.22. The molecule has 2 fully saturated rings. The first-order valence-corrected chi connectivity index (χ1v) is 12.7. The summed E-state index contributed by atoms with van der Waals surface area (Å²) < 4.78 is 3.68. The molecule has 3 aromatic rings. The highest BCUT2D eigenvalue weighted by Crippen LogP contribution is 2.21. The van der Waals surface area contributed by atoms with Crippen molar-refractivity contribution >= 4 is 17.6 Å². The molecule has 10 nitrogen and oxygen atoms in total. The lowest BCUT2D eigenvalue weighted by molar-refractivity contribution is 0.0653. The Morgan fingerprint density at radius 2 is 1.67 bits per heavy atom. The second-order valence-electron chi connectivity index (χ2n) is 9.58. The highest BCUT2D eigenvalue weighted by atomic mass is 16.2. The fourth-order valence-corrected chi connectivity index (χ4v) is 4.97. The molecule has 0 unspecified atom stereocenters. The SMILES string of the molecule is Cn1cccc1C(=O)N1CCN(C(=O)NC2CCN(c3ccc(CCn4ccnn4)cc3)CC2)CC1. The van der Waals surface area contributed by atoms with Crippen LogP contribution in [0.15, 0.2) is 55.0 Å². The molecule has 0 bridgehead atoms. The number of rotatable bonds is 6. The molecule has 2 aliphatic heterocycles. The number of carbonyl (C=O) groups is 2. The van der Waals surface area contributed by atoms with Crippen LogP contribution in [0.3, 0.4) is 0 Å². The van der Waals surface area contributed by atoms with Crippen LogP contribution in [-0.4, -0.2) is 86.6 Å². The van der Waals surface area contributed by atoms with E-state index < -0.39 is 0 Å². The number of nitrogens with one attached hydrogen (secondary N) is 1. The molecule has 5 rings (SSSR count). The number of amides is 3. The van der Waals surface area contributed by atoms with E-state index in [0.717, 1.165) is 38.9 Å². The Morgan fingerprint density at radius 1 is 0.944 bits per heavy atom. The molecule has 1 aromatic carbocycles. The second-order valence-corrected chi connectivity index (χ2v) is 9.58. The summed E-state index contributed by atoms with van der Waals surface area (Å²) in [6.45, 7) is 4.90. The smallest absolute Gasteiger partial charge is 0.317 e. The molecular formula is C26H34N8O2. The third-order valence-corrected chi connectivity index (χ3v) is 7.24. The molecule has 36 heavy (non-hydrogen) atoms. The fraction of sp³-hybridized carbons (Fsp3) is 0.462. The second kappa shape index (κ2) is 10.8. The Bertz CT molecular complexity index is 1140. The van der Waals surface area contributed by atoms with Crippen molar-refractivity contribution in [2.24, 2.45) is 7.05 Å². The Morgan fingerprint density at radius 3 is 2.31 bits per heavy atom. The van der Waals surface area contributed by atoms with E-state index >= 15 is 0 Å². The van der Waals surface area contributed by atoms with Crippen molar-refractivity contribution in [1.29, 1.82) is 0 Å². The third kappa shape index (κ3) is 5.53. The lowest BCUT2D eigenvalue weighted by Gasteiger charge is -2.37. The minimum Gasteiger partial charge on any atom is -0.371 e. The number of piperazine rings is 1. The first-order valence-electron chi connectivity index (χ1n) is 12.7. The van der Waals surface area contributed by atoms with Gasteiger partial charge in [-0.2, -0.15) is 0 Å². The van der Waals surface area contributed by atoms with Crippen molar-refractivity contribution in [2.75, 3.05) is 44.2 Å². The molecule has 1 N–H and O–H groups in total. The Labute approximate surface area is 211 Å². The monoisotopic (exact) mass is 490 g/mol. The Kier molecular flexibility index (Phi) is 7.20. The van der Waals surface area contributed by atoms with Gasteiger partial charge in [0.05, 0.1) is 6.20 Å². The summed E-state index contributed by atoms with van der Waals surface area (Å²) in [6, 6.07) is 12.6. The quantitative estimate of drug-likeness (QED) is 0.571. The van der Waals surface area contributed by atoms with E-state index in [-0.39, 0.29) is 18.0 Å². The van der Waals surface area contributed by atoms with E-state index in [1.54, 1.807) is 6.20 Å². The number of piperidine rings is 1. The summed E-state index contributed by atoms with van der Waals surface area (Å²) in [7, 11) is 1.87. The maximum Gasteiger partial charge on any atom is 0.317 e. The van der Waals surface area contributed by atoms with Crippen LogP contribution < -0.4 is 10.2 Å². The van der Waals surface area contributed by atoms with Crippen LogP contribution in [0.2, 0.25) is 0 Å². The van der Waals surface area contributed by atoms with Gasteiger partial charge in [0.25, 0.3) is 5.91 Å². The van der Waals surface area contributed by atoms with Crippen LogP contribution in [0.1, 0.15) is 28.9 Å². The largest absolute Gasteiger partial charge is 0.371 e. The predicted molar refractivity (Wildman–Crippen MR) is 137 cm³/mol. The number of benzene rings is 1. The average molecular weight is 491 g/mol. The topological polar surface area (TPSA) is 91.5 Å². The number of aromatic nitrogens is 4.